The molecule has 4 heteroatoms. The van der Waals surface area contributed by atoms with Crippen LogP contribution < -0.4 is 0 Å². The zero-order valence-corrected chi connectivity index (χ0v) is 7.87. The summed E-state index contributed by atoms with van der Waals surface area (Å²) in [7, 11) is 0. The van der Waals surface area contributed by atoms with E-state index in [1.54, 1.807) is 23.1 Å². The van der Waals surface area contributed by atoms with E-state index >= 15 is 0 Å². The van der Waals surface area contributed by atoms with Gasteiger partial charge in [-0.3, -0.25) is 0 Å². The Hall–Kier alpha value is -0.350. The lowest BCUT2D eigenvalue weighted by Gasteiger charge is -1.86. The number of nitrogens with zero attached hydrogens (tertiary/aromatic N) is 1. The summed E-state index contributed by atoms with van der Waals surface area (Å²) in [5, 5.41) is 1.94. The van der Waals surface area contributed by atoms with Gasteiger partial charge in [0.05, 0.1) is 5.69 Å². The maximum atomic E-state index is 10.1. The number of carbonyl (C=O) groups excluding carboxylic acids is 1. The monoisotopic (exact) mass is 187 g/mol. The minimum atomic E-state index is 0.445. The second kappa shape index (κ2) is 4.51. The number of hydrogen-bond donors (Lipinski definition) is 0. The lowest BCUT2D eigenvalue weighted by atomic mass is 10.4. The Balaban J connectivity index is 2.57. The van der Waals surface area contributed by atoms with Crippen LogP contribution in [0.3, 0.4) is 0 Å². The van der Waals surface area contributed by atoms with Gasteiger partial charge in [-0.1, -0.05) is 18.7 Å². The van der Waals surface area contributed by atoms with Gasteiger partial charge in [-0.05, 0) is 5.75 Å². The molecular weight excluding hydrogens is 178 g/mol. The Morgan fingerprint density at radius 2 is 2.64 bits per heavy atom. The van der Waals surface area contributed by atoms with Crippen molar-refractivity contribution in [1.29, 1.82) is 0 Å². The van der Waals surface area contributed by atoms with Gasteiger partial charge in [0.15, 0.2) is 0 Å². The quantitative estimate of drug-likeness (QED) is 0.533. The van der Waals surface area contributed by atoms with Gasteiger partial charge in [-0.25, -0.2) is 4.98 Å². The molecule has 2 nitrogen and oxygen atoms in total. The van der Waals surface area contributed by atoms with E-state index in [2.05, 4.69) is 11.9 Å². The SMILES string of the molecule is CCSc1nc(CC=O)cs1. The predicted molar refractivity (Wildman–Crippen MR) is 48.3 cm³/mol. The topological polar surface area (TPSA) is 30.0 Å². The molecule has 0 bridgehead atoms. The number of aldehydes is 1. The summed E-state index contributed by atoms with van der Waals surface area (Å²) in [5.74, 6) is 1.04. The number of thiazole rings is 1. The van der Waals surface area contributed by atoms with Crippen molar-refractivity contribution in [2.75, 3.05) is 5.75 Å². The van der Waals surface area contributed by atoms with Gasteiger partial charge >= 0.3 is 0 Å². The molecule has 1 aromatic rings. The molecule has 0 spiro atoms. The summed E-state index contributed by atoms with van der Waals surface area (Å²) in [6.45, 7) is 2.09. The summed E-state index contributed by atoms with van der Waals surface area (Å²) in [4.78, 5) is 14.3. The highest BCUT2D eigenvalue weighted by atomic mass is 32.2. The fourth-order valence-electron chi connectivity index (χ4n) is 0.657. The molecule has 0 aromatic carbocycles. The molecule has 0 fully saturated rings. The fraction of sp³-hybridized carbons (Fsp3) is 0.429. The molecule has 0 aliphatic rings. The lowest BCUT2D eigenvalue weighted by molar-refractivity contribution is -0.107. The molecule has 1 aromatic heterocycles. The summed E-state index contributed by atoms with van der Waals surface area (Å²) in [6, 6.07) is 0. The number of rotatable bonds is 4. The van der Waals surface area contributed by atoms with E-state index in [9.17, 15) is 4.79 Å². The van der Waals surface area contributed by atoms with E-state index in [0.29, 0.717) is 6.42 Å². The molecule has 0 aliphatic heterocycles. The van der Waals surface area contributed by atoms with Crippen LogP contribution in [0.2, 0.25) is 0 Å². The molecule has 11 heavy (non-hydrogen) atoms. The third-order valence-electron chi connectivity index (χ3n) is 1.09. The van der Waals surface area contributed by atoms with Crippen LogP contribution in [0.4, 0.5) is 0 Å². The van der Waals surface area contributed by atoms with E-state index in [4.69, 9.17) is 0 Å². The van der Waals surface area contributed by atoms with Gasteiger partial charge in [0, 0.05) is 11.8 Å². The minimum Gasteiger partial charge on any atom is -0.303 e. The Morgan fingerprint density at radius 1 is 1.82 bits per heavy atom. The molecule has 0 N–H and O–H groups in total. The largest absolute Gasteiger partial charge is 0.303 e. The Labute approximate surface area is 74.0 Å². The van der Waals surface area contributed by atoms with Gasteiger partial charge in [0.25, 0.3) is 0 Å². The van der Waals surface area contributed by atoms with Gasteiger partial charge < -0.3 is 4.79 Å². The van der Waals surface area contributed by atoms with Crippen molar-refractivity contribution < 1.29 is 4.79 Å². The molecule has 0 saturated carbocycles. The smallest absolute Gasteiger partial charge is 0.150 e. The molecular formula is C7H9NOS2. The minimum absolute atomic E-state index is 0.445. The normalized spacial score (nSPS) is 9.91. The van der Waals surface area contributed by atoms with Gasteiger partial charge in [0.2, 0.25) is 0 Å². The Morgan fingerprint density at radius 3 is 3.27 bits per heavy atom. The summed E-state index contributed by atoms with van der Waals surface area (Å²) in [6.07, 6.45) is 1.33. The highest BCUT2D eigenvalue weighted by molar-refractivity contribution is 8.00. The lowest BCUT2D eigenvalue weighted by Crippen LogP contribution is -1.84. The first-order valence-corrected chi connectivity index (χ1v) is 5.24. The molecule has 0 atom stereocenters. The fourth-order valence-corrected chi connectivity index (χ4v) is 2.41. The average molecular weight is 187 g/mol. The first kappa shape index (κ1) is 8.74. The van der Waals surface area contributed by atoms with E-state index in [-0.39, 0.29) is 0 Å². The predicted octanol–water partition coefficient (Wildman–Crippen LogP) is 2.00. The first-order chi connectivity index (χ1) is 5.36. The van der Waals surface area contributed by atoms with Crippen molar-refractivity contribution in [3.63, 3.8) is 0 Å². The van der Waals surface area contributed by atoms with Crippen molar-refractivity contribution in [2.45, 2.75) is 17.7 Å². The molecule has 1 rings (SSSR count). The zero-order valence-electron chi connectivity index (χ0n) is 6.24. The first-order valence-electron chi connectivity index (χ1n) is 3.37. The molecule has 0 unspecified atom stereocenters. The third-order valence-corrected chi connectivity index (χ3v) is 3.04. The zero-order chi connectivity index (χ0) is 8.10. The van der Waals surface area contributed by atoms with E-state index in [1.165, 1.54) is 0 Å². The molecule has 0 amide bonds. The van der Waals surface area contributed by atoms with E-state index in [0.717, 1.165) is 22.1 Å². The second-order valence-corrected chi connectivity index (χ2v) is 4.28. The number of hydrogen-bond acceptors (Lipinski definition) is 4. The summed E-state index contributed by atoms with van der Waals surface area (Å²) < 4.78 is 1.06. The number of thioether (sulfide) groups is 1. The van der Waals surface area contributed by atoms with E-state index in [1.807, 2.05) is 5.38 Å². The number of carbonyl (C=O) groups is 1. The summed E-state index contributed by atoms with van der Waals surface area (Å²) in [5.41, 5.74) is 0.890. The van der Waals surface area contributed by atoms with Crippen molar-refractivity contribution in [3.05, 3.63) is 11.1 Å². The van der Waals surface area contributed by atoms with Gasteiger partial charge in [-0.2, -0.15) is 0 Å². The van der Waals surface area contributed by atoms with Crippen molar-refractivity contribution in [1.82, 2.24) is 4.98 Å². The van der Waals surface area contributed by atoms with Crippen LogP contribution >= 0.6 is 23.1 Å². The molecule has 0 radical (unpaired) electrons. The Kier molecular flexibility index (Phi) is 3.59. The van der Waals surface area contributed by atoms with Crippen molar-refractivity contribution >= 4 is 29.4 Å². The average Bonchev–Trinajstić information content (AvgIpc) is 2.38. The molecule has 1 heterocycles. The van der Waals surface area contributed by atoms with Crippen LogP contribution in [0, 0.1) is 0 Å². The van der Waals surface area contributed by atoms with Crippen molar-refractivity contribution in [3.8, 4) is 0 Å². The Bertz CT molecular complexity index is 234. The van der Waals surface area contributed by atoms with Crippen LogP contribution in [0.25, 0.3) is 0 Å². The standard InChI is InChI=1S/C7H9NOS2/c1-2-10-7-8-6(3-4-9)5-11-7/h4-5H,2-3H2,1H3. The van der Waals surface area contributed by atoms with Crippen LogP contribution in [-0.4, -0.2) is 17.0 Å². The van der Waals surface area contributed by atoms with Gasteiger partial charge in [0.1, 0.15) is 10.6 Å². The van der Waals surface area contributed by atoms with Crippen LogP contribution in [0.5, 0.6) is 0 Å². The molecule has 60 valence electrons. The van der Waals surface area contributed by atoms with Crippen LogP contribution in [0.15, 0.2) is 9.72 Å². The van der Waals surface area contributed by atoms with Gasteiger partial charge in [-0.15, -0.1) is 11.3 Å². The van der Waals surface area contributed by atoms with Crippen molar-refractivity contribution in [2.24, 2.45) is 0 Å². The maximum absolute atomic E-state index is 10.1. The summed E-state index contributed by atoms with van der Waals surface area (Å²) >= 11 is 3.32. The highest BCUT2D eigenvalue weighted by Gasteiger charge is 1.99. The molecule has 0 aliphatic carbocycles. The second-order valence-electron chi connectivity index (χ2n) is 1.91. The maximum Gasteiger partial charge on any atom is 0.150 e. The highest BCUT2D eigenvalue weighted by Crippen LogP contribution is 2.21. The van der Waals surface area contributed by atoms with Crippen LogP contribution in [-0.2, 0) is 11.2 Å². The third kappa shape index (κ3) is 2.63. The number of aromatic nitrogens is 1. The van der Waals surface area contributed by atoms with Crippen LogP contribution in [0.1, 0.15) is 12.6 Å². The molecule has 0 saturated heterocycles. The van der Waals surface area contributed by atoms with E-state index < -0.39 is 0 Å².